The Morgan fingerprint density at radius 3 is 2.71 bits per heavy atom. The van der Waals surface area contributed by atoms with Crippen LogP contribution in [0.5, 0.6) is 0 Å². The van der Waals surface area contributed by atoms with E-state index in [2.05, 4.69) is 55.0 Å². The van der Waals surface area contributed by atoms with E-state index in [1.54, 1.807) is 0 Å². The minimum Gasteiger partial charge on any atom is -0.338 e. The Balaban J connectivity index is 1.94. The summed E-state index contributed by atoms with van der Waals surface area (Å²) in [6, 6.07) is 0.562. The summed E-state index contributed by atoms with van der Waals surface area (Å²) in [4.78, 5) is 6.99. The number of rotatable bonds is 5. The largest absolute Gasteiger partial charge is 0.338 e. The fourth-order valence-corrected chi connectivity index (χ4v) is 2.66. The molecule has 0 radical (unpaired) electrons. The van der Waals surface area contributed by atoms with E-state index in [4.69, 9.17) is 4.52 Å². The Morgan fingerprint density at radius 1 is 1.33 bits per heavy atom. The fourth-order valence-electron chi connectivity index (χ4n) is 2.66. The van der Waals surface area contributed by atoms with Crippen LogP contribution in [-0.2, 0) is 6.54 Å². The van der Waals surface area contributed by atoms with Crippen LogP contribution < -0.4 is 5.32 Å². The SMILES string of the molecule is CC(C)c1noc(CN2CCCCC2CNC(C)(C)C)n1. The van der Waals surface area contributed by atoms with E-state index < -0.39 is 0 Å². The lowest BCUT2D eigenvalue weighted by Crippen LogP contribution is -2.49. The number of piperidine rings is 1. The summed E-state index contributed by atoms with van der Waals surface area (Å²) >= 11 is 0. The van der Waals surface area contributed by atoms with Crippen molar-refractivity contribution in [1.29, 1.82) is 0 Å². The van der Waals surface area contributed by atoms with Gasteiger partial charge in [0.1, 0.15) is 0 Å². The third-order valence-electron chi connectivity index (χ3n) is 3.96. The van der Waals surface area contributed by atoms with Crippen molar-refractivity contribution in [3.63, 3.8) is 0 Å². The number of nitrogens with zero attached hydrogens (tertiary/aromatic N) is 3. The second-order valence-electron chi connectivity index (χ2n) is 7.45. The highest BCUT2D eigenvalue weighted by atomic mass is 16.5. The molecule has 1 aliphatic rings. The highest BCUT2D eigenvalue weighted by Crippen LogP contribution is 2.20. The van der Waals surface area contributed by atoms with Gasteiger partial charge in [-0.3, -0.25) is 4.90 Å². The summed E-state index contributed by atoms with van der Waals surface area (Å²) in [7, 11) is 0. The number of hydrogen-bond donors (Lipinski definition) is 1. The Labute approximate surface area is 128 Å². The van der Waals surface area contributed by atoms with Gasteiger partial charge in [-0.15, -0.1) is 0 Å². The summed E-state index contributed by atoms with van der Waals surface area (Å²) in [6.07, 6.45) is 3.82. The second-order valence-corrected chi connectivity index (χ2v) is 7.45. The average molecular weight is 294 g/mol. The zero-order chi connectivity index (χ0) is 15.5. The van der Waals surface area contributed by atoms with Gasteiger partial charge in [0, 0.05) is 24.0 Å². The van der Waals surface area contributed by atoms with Crippen LogP contribution in [-0.4, -0.2) is 39.7 Å². The molecule has 1 aromatic rings. The predicted octanol–water partition coefficient (Wildman–Crippen LogP) is 2.94. The highest BCUT2D eigenvalue weighted by molar-refractivity contribution is 4.93. The predicted molar refractivity (Wildman–Crippen MR) is 84.2 cm³/mol. The van der Waals surface area contributed by atoms with Gasteiger partial charge in [0.15, 0.2) is 5.82 Å². The smallest absolute Gasteiger partial charge is 0.240 e. The monoisotopic (exact) mass is 294 g/mol. The first kappa shape index (κ1) is 16.4. The lowest BCUT2D eigenvalue weighted by atomic mass is 10.0. The van der Waals surface area contributed by atoms with Crippen molar-refractivity contribution in [2.45, 2.75) is 77.9 Å². The van der Waals surface area contributed by atoms with Crippen LogP contribution in [0.2, 0.25) is 0 Å². The fraction of sp³-hybridized carbons (Fsp3) is 0.875. The van der Waals surface area contributed by atoms with Crippen molar-refractivity contribution in [3.05, 3.63) is 11.7 Å². The quantitative estimate of drug-likeness (QED) is 0.905. The van der Waals surface area contributed by atoms with E-state index in [0.717, 1.165) is 31.3 Å². The molecule has 0 saturated carbocycles. The lowest BCUT2D eigenvalue weighted by Gasteiger charge is -2.36. The number of aromatic nitrogens is 2. The number of likely N-dealkylation sites (tertiary alicyclic amines) is 1. The summed E-state index contributed by atoms with van der Waals surface area (Å²) in [5, 5.41) is 7.69. The zero-order valence-corrected chi connectivity index (χ0v) is 14.1. The maximum Gasteiger partial charge on any atom is 0.240 e. The van der Waals surface area contributed by atoms with Crippen molar-refractivity contribution in [3.8, 4) is 0 Å². The second kappa shape index (κ2) is 6.88. The van der Waals surface area contributed by atoms with Crippen molar-refractivity contribution in [1.82, 2.24) is 20.4 Å². The molecule has 5 nitrogen and oxygen atoms in total. The molecule has 0 bridgehead atoms. The molecule has 5 heteroatoms. The summed E-state index contributed by atoms with van der Waals surface area (Å²) < 4.78 is 5.40. The van der Waals surface area contributed by atoms with E-state index >= 15 is 0 Å². The summed E-state index contributed by atoms with van der Waals surface area (Å²) in [5.74, 6) is 1.88. The molecule has 1 aromatic heterocycles. The molecule has 1 atom stereocenters. The summed E-state index contributed by atoms with van der Waals surface area (Å²) in [6.45, 7) is 13.7. The van der Waals surface area contributed by atoms with Crippen LogP contribution in [0.3, 0.4) is 0 Å². The van der Waals surface area contributed by atoms with Crippen LogP contribution in [0.1, 0.15) is 71.5 Å². The van der Waals surface area contributed by atoms with Gasteiger partial charge in [-0.25, -0.2) is 0 Å². The first-order valence-corrected chi connectivity index (χ1v) is 8.17. The van der Waals surface area contributed by atoms with Gasteiger partial charge in [0.05, 0.1) is 6.54 Å². The van der Waals surface area contributed by atoms with Crippen molar-refractivity contribution >= 4 is 0 Å². The number of nitrogens with one attached hydrogen (secondary N) is 1. The van der Waals surface area contributed by atoms with Gasteiger partial charge in [0.25, 0.3) is 0 Å². The minimum atomic E-state index is 0.165. The Bertz CT molecular complexity index is 436. The normalized spacial score (nSPS) is 21.1. The highest BCUT2D eigenvalue weighted by Gasteiger charge is 2.25. The van der Waals surface area contributed by atoms with Crippen molar-refractivity contribution < 1.29 is 4.52 Å². The van der Waals surface area contributed by atoms with Crippen molar-refractivity contribution in [2.24, 2.45) is 0 Å². The molecule has 0 amide bonds. The van der Waals surface area contributed by atoms with E-state index in [1.807, 2.05) is 0 Å². The molecule has 21 heavy (non-hydrogen) atoms. The third kappa shape index (κ3) is 5.08. The Kier molecular flexibility index (Phi) is 5.38. The molecular formula is C16H30N4O. The zero-order valence-electron chi connectivity index (χ0n) is 14.1. The molecule has 1 fully saturated rings. The topological polar surface area (TPSA) is 54.2 Å². The molecule has 2 rings (SSSR count). The molecule has 1 unspecified atom stereocenters. The molecule has 120 valence electrons. The van der Waals surface area contributed by atoms with Gasteiger partial charge >= 0.3 is 0 Å². The van der Waals surface area contributed by atoms with Crippen LogP contribution in [0.15, 0.2) is 4.52 Å². The Morgan fingerprint density at radius 2 is 2.10 bits per heavy atom. The van der Waals surface area contributed by atoms with E-state index in [1.165, 1.54) is 19.3 Å². The molecule has 1 N–H and O–H groups in total. The van der Waals surface area contributed by atoms with Gasteiger partial charge in [-0.05, 0) is 40.2 Å². The van der Waals surface area contributed by atoms with E-state index in [-0.39, 0.29) is 5.54 Å². The maximum atomic E-state index is 5.40. The minimum absolute atomic E-state index is 0.165. The van der Waals surface area contributed by atoms with Crippen molar-refractivity contribution in [2.75, 3.05) is 13.1 Å². The third-order valence-corrected chi connectivity index (χ3v) is 3.96. The molecular weight excluding hydrogens is 264 g/mol. The number of hydrogen-bond acceptors (Lipinski definition) is 5. The van der Waals surface area contributed by atoms with Gasteiger partial charge < -0.3 is 9.84 Å². The lowest BCUT2D eigenvalue weighted by molar-refractivity contribution is 0.116. The van der Waals surface area contributed by atoms with Gasteiger partial charge in [-0.1, -0.05) is 25.4 Å². The van der Waals surface area contributed by atoms with Crippen LogP contribution in [0, 0.1) is 0 Å². The van der Waals surface area contributed by atoms with Gasteiger partial charge in [-0.2, -0.15) is 4.98 Å². The van der Waals surface area contributed by atoms with Crippen LogP contribution in [0.25, 0.3) is 0 Å². The molecule has 2 heterocycles. The standard InChI is InChI=1S/C16H30N4O/c1-12(2)15-18-14(21-19-15)11-20-9-7-6-8-13(20)10-17-16(3,4)5/h12-13,17H,6-11H2,1-5H3. The van der Waals surface area contributed by atoms with E-state index in [0.29, 0.717) is 12.0 Å². The maximum absolute atomic E-state index is 5.40. The average Bonchev–Trinajstić information content (AvgIpc) is 2.85. The Hall–Kier alpha value is -0.940. The summed E-state index contributed by atoms with van der Waals surface area (Å²) in [5.41, 5.74) is 0.165. The van der Waals surface area contributed by atoms with Crippen LogP contribution >= 0.6 is 0 Å². The van der Waals surface area contributed by atoms with E-state index in [9.17, 15) is 0 Å². The van der Waals surface area contributed by atoms with Crippen LogP contribution in [0.4, 0.5) is 0 Å². The first-order valence-electron chi connectivity index (χ1n) is 8.17. The molecule has 0 aliphatic carbocycles. The molecule has 0 spiro atoms. The molecule has 1 aliphatic heterocycles. The van der Waals surface area contributed by atoms with Gasteiger partial charge in [0.2, 0.25) is 5.89 Å². The first-order chi connectivity index (χ1) is 9.85. The molecule has 1 saturated heterocycles. The molecule has 0 aromatic carbocycles.